The summed E-state index contributed by atoms with van der Waals surface area (Å²) in [6, 6.07) is 9.67. The lowest BCUT2D eigenvalue weighted by atomic mass is 9.87. The van der Waals surface area contributed by atoms with E-state index in [2.05, 4.69) is 5.10 Å². The van der Waals surface area contributed by atoms with Gasteiger partial charge in [-0.05, 0) is 25.5 Å². The first-order valence-electron chi connectivity index (χ1n) is 9.20. The van der Waals surface area contributed by atoms with Gasteiger partial charge in [0.2, 0.25) is 0 Å². The van der Waals surface area contributed by atoms with Gasteiger partial charge in [-0.3, -0.25) is 14.3 Å². The molecule has 0 N–H and O–H groups in total. The molecule has 7 heteroatoms. The highest BCUT2D eigenvalue weighted by atomic mass is 16.5. The van der Waals surface area contributed by atoms with E-state index in [1.807, 2.05) is 49.2 Å². The fraction of sp³-hybridized carbons (Fsp3) is 0.450. The Hall–Kier alpha value is -2.67. The van der Waals surface area contributed by atoms with Gasteiger partial charge in [-0.1, -0.05) is 18.2 Å². The third-order valence-electron chi connectivity index (χ3n) is 5.69. The molecule has 1 spiro atoms. The molecule has 0 saturated carbocycles. The van der Waals surface area contributed by atoms with Gasteiger partial charge >= 0.3 is 0 Å². The van der Waals surface area contributed by atoms with Crippen LogP contribution >= 0.6 is 0 Å². The maximum absolute atomic E-state index is 13.0. The minimum atomic E-state index is -0.242. The molecular weight excluding hydrogens is 344 g/mol. The quantitative estimate of drug-likeness (QED) is 0.808. The number of hydrogen-bond acceptors (Lipinski definition) is 4. The molecule has 0 radical (unpaired) electrons. The highest BCUT2D eigenvalue weighted by Gasteiger charge is 2.44. The third-order valence-corrected chi connectivity index (χ3v) is 5.69. The molecule has 0 bridgehead atoms. The van der Waals surface area contributed by atoms with Crippen molar-refractivity contribution in [3.8, 4) is 0 Å². The lowest BCUT2D eigenvalue weighted by Gasteiger charge is -2.31. The van der Waals surface area contributed by atoms with Crippen LogP contribution in [0.2, 0.25) is 0 Å². The SMILES string of the molecule is Cc1c(C(=O)N2CCC3(COCC(=O)N(c4ccccc4)C3)C2)cnn1C. The van der Waals surface area contributed by atoms with Gasteiger partial charge < -0.3 is 14.5 Å². The topological polar surface area (TPSA) is 67.7 Å². The largest absolute Gasteiger partial charge is 0.371 e. The minimum Gasteiger partial charge on any atom is -0.371 e. The Morgan fingerprint density at radius 2 is 2.00 bits per heavy atom. The molecule has 2 aromatic rings. The van der Waals surface area contributed by atoms with Crippen molar-refractivity contribution >= 4 is 17.5 Å². The van der Waals surface area contributed by atoms with Crippen LogP contribution in [0.4, 0.5) is 5.69 Å². The van der Waals surface area contributed by atoms with Crippen LogP contribution in [0.25, 0.3) is 0 Å². The smallest absolute Gasteiger partial charge is 0.257 e. The van der Waals surface area contributed by atoms with Crippen molar-refractivity contribution in [2.45, 2.75) is 13.3 Å². The summed E-state index contributed by atoms with van der Waals surface area (Å²) in [5.74, 6) is -0.0368. The van der Waals surface area contributed by atoms with Gasteiger partial charge in [-0.25, -0.2) is 0 Å². The summed E-state index contributed by atoms with van der Waals surface area (Å²) in [6.45, 7) is 4.26. The number of rotatable bonds is 2. The Labute approximate surface area is 158 Å². The molecule has 27 heavy (non-hydrogen) atoms. The molecule has 4 rings (SSSR count). The van der Waals surface area contributed by atoms with E-state index in [9.17, 15) is 9.59 Å². The molecule has 142 valence electrons. The molecule has 2 aliphatic heterocycles. The van der Waals surface area contributed by atoms with Crippen LogP contribution in [-0.2, 0) is 16.6 Å². The third kappa shape index (κ3) is 3.23. The Kier molecular flexibility index (Phi) is 4.47. The summed E-state index contributed by atoms with van der Waals surface area (Å²) in [7, 11) is 1.83. The number of ether oxygens (including phenoxy) is 1. The van der Waals surface area contributed by atoms with E-state index in [0.717, 1.165) is 17.8 Å². The molecule has 0 aliphatic carbocycles. The number of para-hydroxylation sites is 1. The van der Waals surface area contributed by atoms with Gasteiger partial charge in [-0.2, -0.15) is 5.10 Å². The second kappa shape index (κ2) is 6.81. The number of anilines is 1. The fourth-order valence-electron chi connectivity index (χ4n) is 3.98. The van der Waals surface area contributed by atoms with Crippen LogP contribution in [0.15, 0.2) is 36.5 Å². The van der Waals surface area contributed by atoms with Crippen LogP contribution in [0.3, 0.4) is 0 Å². The molecule has 2 amide bonds. The van der Waals surface area contributed by atoms with Crippen molar-refractivity contribution in [2.24, 2.45) is 12.5 Å². The standard InChI is InChI=1S/C20H24N4O3/c1-15-17(10-21-22(15)2)19(26)23-9-8-20(12-23)13-24(18(25)11-27-14-20)16-6-4-3-5-7-16/h3-7,10H,8-9,11-14H2,1-2H3. The first-order chi connectivity index (χ1) is 13.0. The predicted molar refractivity (Wildman–Crippen MR) is 101 cm³/mol. The molecule has 1 unspecified atom stereocenters. The zero-order chi connectivity index (χ0) is 19.0. The van der Waals surface area contributed by atoms with Crippen LogP contribution in [0.5, 0.6) is 0 Å². The Bertz CT molecular complexity index is 863. The molecule has 1 atom stereocenters. The second-order valence-corrected chi connectivity index (χ2v) is 7.55. The minimum absolute atomic E-state index is 0.000639. The van der Waals surface area contributed by atoms with E-state index < -0.39 is 0 Å². The number of hydrogen-bond donors (Lipinski definition) is 0. The molecule has 1 aromatic carbocycles. The van der Waals surface area contributed by atoms with Crippen molar-refractivity contribution < 1.29 is 14.3 Å². The first kappa shape index (κ1) is 17.7. The van der Waals surface area contributed by atoms with E-state index in [1.165, 1.54) is 0 Å². The normalized spacial score (nSPS) is 23.1. The van der Waals surface area contributed by atoms with Gasteiger partial charge in [0.25, 0.3) is 11.8 Å². The Balaban J connectivity index is 1.55. The average Bonchev–Trinajstić information content (AvgIpc) is 3.19. The molecule has 1 aromatic heterocycles. The van der Waals surface area contributed by atoms with Crippen molar-refractivity contribution in [1.82, 2.24) is 14.7 Å². The number of amides is 2. The number of likely N-dealkylation sites (tertiary alicyclic amines) is 1. The van der Waals surface area contributed by atoms with Gasteiger partial charge in [0.05, 0.1) is 18.4 Å². The molecule has 7 nitrogen and oxygen atoms in total. The van der Waals surface area contributed by atoms with Crippen LogP contribution < -0.4 is 4.90 Å². The van der Waals surface area contributed by atoms with Crippen molar-refractivity contribution in [3.63, 3.8) is 0 Å². The zero-order valence-electron chi connectivity index (χ0n) is 15.7. The monoisotopic (exact) mass is 368 g/mol. The van der Waals surface area contributed by atoms with E-state index in [1.54, 1.807) is 15.8 Å². The Morgan fingerprint density at radius 1 is 1.22 bits per heavy atom. The van der Waals surface area contributed by atoms with E-state index >= 15 is 0 Å². The average molecular weight is 368 g/mol. The van der Waals surface area contributed by atoms with E-state index in [-0.39, 0.29) is 23.8 Å². The number of aryl methyl sites for hydroxylation is 1. The first-order valence-corrected chi connectivity index (χ1v) is 9.20. The maximum Gasteiger partial charge on any atom is 0.257 e. The summed E-state index contributed by atoms with van der Waals surface area (Å²) >= 11 is 0. The van der Waals surface area contributed by atoms with Crippen molar-refractivity contribution in [3.05, 3.63) is 47.8 Å². The number of aromatic nitrogens is 2. The highest BCUT2D eigenvalue weighted by molar-refractivity contribution is 5.96. The maximum atomic E-state index is 13.0. The fourth-order valence-corrected chi connectivity index (χ4v) is 3.98. The lowest BCUT2D eigenvalue weighted by Crippen LogP contribution is -2.43. The van der Waals surface area contributed by atoms with E-state index in [4.69, 9.17) is 4.74 Å². The summed E-state index contributed by atoms with van der Waals surface area (Å²) in [5.41, 5.74) is 2.13. The van der Waals surface area contributed by atoms with Crippen molar-refractivity contribution in [2.75, 3.05) is 37.7 Å². The second-order valence-electron chi connectivity index (χ2n) is 7.55. The predicted octanol–water partition coefficient (Wildman–Crippen LogP) is 1.62. The molecule has 2 aliphatic rings. The van der Waals surface area contributed by atoms with Crippen LogP contribution in [-0.4, -0.2) is 59.3 Å². The van der Waals surface area contributed by atoms with Gasteiger partial charge in [0, 0.05) is 43.5 Å². The van der Waals surface area contributed by atoms with Crippen LogP contribution in [0, 0.1) is 12.3 Å². The number of carbonyl (C=O) groups is 2. The highest BCUT2D eigenvalue weighted by Crippen LogP contribution is 2.36. The Morgan fingerprint density at radius 3 is 2.70 bits per heavy atom. The van der Waals surface area contributed by atoms with Gasteiger partial charge in [0.15, 0.2) is 0 Å². The van der Waals surface area contributed by atoms with Crippen molar-refractivity contribution in [1.29, 1.82) is 0 Å². The number of benzene rings is 1. The number of carbonyl (C=O) groups excluding carboxylic acids is 2. The van der Waals surface area contributed by atoms with E-state index in [0.29, 0.717) is 31.8 Å². The zero-order valence-corrected chi connectivity index (χ0v) is 15.7. The summed E-state index contributed by atoms with van der Waals surface area (Å²) < 4.78 is 7.42. The molecule has 3 heterocycles. The summed E-state index contributed by atoms with van der Waals surface area (Å²) in [6.07, 6.45) is 2.45. The summed E-state index contributed by atoms with van der Waals surface area (Å²) in [5, 5.41) is 4.18. The van der Waals surface area contributed by atoms with Crippen LogP contribution in [0.1, 0.15) is 22.5 Å². The number of nitrogens with zero attached hydrogens (tertiary/aromatic N) is 4. The molecule has 2 fully saturated rings. The van der Waals surface area contributed by atoms with Gasteiger partial charge in [-0.15, -0.1) is 0 Å². The molecular formula is C20H24N4O3. The summed E-state index contributed by atoms with van der Waals surface area (Å²) in [4.78, 5) is 29.2. The lowest BCUT2D eigenvalue weighted by molar-refractivity contribution is -0.122. The molecule has 2 saturated heterocycles. The van der Waals surface area contributed by atoms with Gasteiger partial charge in [0.1, 0.15) is 6.61 Å².